The van der Waals surface area contributed by atoms with Gasteiger partial charge in [-0.15, -0.1) is 0 Å². The van der Waals surface area contributed by atoms with Crippen molar-refractivity contribution in [3.05, 3.63) is 0 Å². The number of hydrogen-bond acceptors (Lipinski definition) is 5. The third kappa shape index (κ3) is 6.08. The number of likely N-dealkylation sites (N-methyl/N-ethyl adjacent to an activating group) is 1. The number of carbonyl (C=O) groups excluding carboxylic acids is 2. The van der Waals surface area contributed by atoms with Crippen LogP contribution >= 0.6 is 0 Å². The molecule has 7 nitrogen and oxygen atoms in total. The number of ether oxygens (including phenoxy) is 1. The average Bonchev–Trinajstić information content (AvgIpc) is 2.46. The minimum atomic E-state index is -0.523. The number of nitrogens with zero attached hydrogens (tertiary/aromatic N) is 3. The minimum absolute atomic E-state index is 0.0343. The van der Waals surface area contributed by atoms with Crippen LogP contribution in [0.3, 0.4) is 0 Å². The van der Waals surface area contributed by atoms with Gasteiger partial charge in [0.25, 0.3) is 0 Å². The van der Waals surface area contributed by atoms with Crippen LogP contribution in [0, 0.1) is 0 Å². The Morgan fingerprint density at radius 3 is 2.48 bits per heavy atom. The first-order valence-corrected chi connectivity index (χ1v) is 8.24. The van der Waals surface area contributed by atoms with Crippen LogP contribution in [0.4, 0.5) is 4.79 Å². The lowest BCUT2D eigenvalue weighted by Gasteiger charge is -2.31. The second-order valence-corrected chi connectivity index (χ2v) is 6.61. The van der Waals surface area contributed by atoms with Gasteiger partial charge < -0.3 is 15.0 Å². The fraction of sp³-hybridized carbons (Fsp3) is 0.812. The molecule has 2 amide bonds. The van der Waals surface area contributed by atoms with Crippen molar-refractivity contribution in [3.8, 4) is 0 Å². The molecule has 1 atom stereocenters. The molecule has 1 heterocycles. The summed E-state index contributed by atoms with van der Waals surface area (Å²) in [6, 6.07) is -0.368. The summed E-state index contributed by atoms with van der Waals surface area (Å²) in [6.07, 6.45) is -0.352. The zero-order valence-corrected chi connectivity index (χ0v) is 15.2. The van der Waals surface area contributed by atoms with Gasteiger partial charge in [0.2, 0.25) is 5.91 Å². The van der Waals surface area contributed by atoms with Crippen molar-refractivity contribution in [2.24, 2.45) is 4.99 Å². The van der Waals surface area contributed by atoms with Gasteiger partial charge in [-0.3, -0.25) is 14.7 Å². The molecular weight excluding hydrogens is 296 g/mol. The van der Waals surface area contributed by atoms with Crippen LogP contribution in [-0.2, 0) is 9.53 Å². The largest absolute Gasteiger partial charge is 0.444 e. The van der Waals surface area contributed by atoms with Gasteiger partial charge in [-0.25, -0.2) is 4.79 Å². The molecule has 1 aliphatic rings. The number of nitrogens with one attached hydrogen (secondary N) is 1. The molecule has 1 unspecified atom stereocenters. The summed E-state index contributed by atoms with van der Waals surface area (Å²) in [5.41, 5.74) is -0.523. The smallest absolute Gasteiger partial charge is 0.410 e. The molecule has 0 spiro atoms. The molecule has 0 aromatic rings. The van der Waals surface area contributed by atoms with Gasteiger partial charge in [-0.05, 0) is 41.5 Å². The molecule has 1 aliphatic heterocycles. The third-order valence-corrected chi connectivity index (χ3v) is 3.49. The number of carbonyl (C=O) groups is 2. The van der Waals surface area contributed by atoms with Crippen LogP contribution in [0.5, 0.6) is 0 Å². The molecule has 1 N–H and O–H groups in total. The summed E-state index contributed by atoms with van der Waals surface area (Å²) in [6.45, 7) is 14.0. The van der Waals surface area contributed by atoms with Crippen molar-refractivity contribution in [1.82, 2.24) is 15.1 Å². The first-order valence-electron chi connectivity index (χ1n) is 8.24. The molecule has 0 radical (unpaired) electrons. The van der Waals surface area contributed by atoms with E-state index in [1.807, 2.05) is 41.5 Å². The first-order chi connectivity index (χ1) is 10.7. The van der Waals surface area contributed by atoms with Crippen molar-refractivity contribution in [2.45, 2.75) is 53.2 Å². The zero-order valence-electron chi connectivity index (χ0n) is 15.2. The molecule has 1 rings (SSSR count). The van der Waals surface area contributed by atoms with Crippen molar-refractivity contribution in [2.75, 3.05) is 32.7 Å². The Morgan fingerprint density at radius 1 is 1.35 bits per heavy atom. The van der Waals surface area contributed by atoms with Gasteiger partial charge in [0, 0.05) is 19.6 Å². The van der Waals surface area contributed by atoms with Crippen LogP contribution in [0.1, 0.15) is 41.5 Å². The first kappa shape index (κ1) is 19.3. The van der Waals surface area contributed by atoms with E-state index in [-0.39, 0.29) is 18.0 Å². The number of hydrogen-bond donors (Lipinski definition) is 1. The number of rotatable bonds is 4. The maximum absolute atomic E-state index is 12.3. The second-order valence-electron chi connectivity index (χ2n) is 6.61. The fourth-order valence-electron chi connectivity index (χ4n) is 2.31. The summed E-state index contributed by atoms with van der Waals surface area (Å²) in [4.78, 5) is 32.2. The standard InChI is InChI=1S/C16H30N4O3/c1-7-19(8-2)14(21)12(3)18-13-11-20(10-9-17-13)15(22)23-16(4,5)6/h12H,7-11H2,1-6H3,(H,17,18). The van der Waals surface area contributed by atoms with E-state index in [2.05, 4.69) is 10.3 Å². The highest BCUT2D eigenvalue weighted by atomic mass is 16.6. The van der Waals surface area contributed by atoms with Gasteiger partial charge in [0.15, 0.2) is 0 Å². The van der Waals surface area contributed by atoms with Crippen molar-refractivity contribution in [1.29, 1.82) is 0 Å². The van der Waals surface area contributed by atoms with Crippen LogP contribution in [0.15, 0.2) is 4.99 Å². The molecule has 132 valence electrons. The molecule has 0 bridgehead atoms. The summed E-state index contributed by atoms with van der Waals surface area (Å²) < 4.78 is 5.38. The summed E-state index contributed by atoms with van der Waals surface area (Å²) >= 11 is 0. The van der Waals surface area contributed by atoms with Crippen LogP contribution in [0.25, 0.3) is 0 Å². The van der Waals surface area contributed by atoms with E-state index in [0.29, 0.717) is 38.6 Å². The summed E-state index contributed by atoms with van der Waals surface area (Å²) in [5.74, 6) is 0.683. The molecule has 7 heteroatoms. The third-order valence-electron chi connectivity index (χ3n) is 3.49. The van der Waals surface area contributed by atoms with Crippen LogP contribution < -0.4 is 5.32 Å². The Hall–Kier alpha value is -1.79. The Balaban J connectivity index is 2.60. The quantitative estimate of drug-likeness (QED) is 0.849. The monoisotopic (exact) mass is 326 g/mol. The second kappa shape index (κ2) is 8.17. The Labute approximate surface area is 139 Å². The molecule has 0 saturated carbocycles. The van der Waals surface area contributed by atoms with Crippen molar-refractivity contribution < 1.29 is 14.3 Å². The summed E-state index contributed by atoms with van der Waals surface area (Å²) in [5, 5.41) is 3.12. The van der Waals surface area contributed by atoms with Crippen molar-refractivity contribution >= 4 is 17.8 Å². The maximum Gasteiger partial charge on any atom is 0.410 e. The SMILES string of the molecule is CCN(CC)C(=O)C(C)NC1=NCCN(C(=O)OC(C)(C)C)C1. The van der Waals surface area contributed by atoms with Crippen LogP contribution in [-0.4, -0.2) is 72.0 Å². The highest BCUT2D eigenvalue weighted by Gasteiger charge is 2.26. The molecule has 0 aliphatic carbocycles. The van der Waals surface area contributed by atoms with Crippen LogP contribution in [0.2, 0.25) is 0 Å². The van der Waals surface area contributed by atoms with Gasteiger partial charge in [-0.2, -0.15) is 0 Å². The van der Waals surface area contributed by atoms with Crippen molar-refractivity contribution in [3.63, 3.8) is 0 Å². The molecule has 0 aromatic heterocycles. The van der Waals surface area contributed by atoms with E-state index >= 15 is 0 Å². The molecule has 0 aromatic carbocycles. The fourth-order valence-corrected chi connectivity index (χ4v) is 2.31. The van der Waals surface area contributed by atoms with E-state index in [0.717, 1.165) is 0 Å². The predicted octanol–water partition coefficient (Wildman–Crippen LogP) is 1.48. The van der Waals surface area contributed by atoms with Gasteiger partial charge in [0.1, 0.15) is 17.5 Å². The van der Waals surface area contributed by atoms with Gasteiger partial charge >= 0.3 is 6.09 Å². The molecule has 23 heavy (non-hydrogen) atoms. The van der Waals surface area contributed by atoms with Gasteiger partial charge in [0.05, 0.1) is 13.1 Å². The summed E-state index contributed by atoms with van der Waals surface area (Å²) in [7, 11) is 0. The highest BCUT2D eigenvalue weighted by molar-refractivity contribution is 5.92. The zero-order chi connectivity index (χ0) is 17.6. The van der Waals surface area contributed by atoms with E-state index in [1.165, 1.54) is 0 Å². The topological polar surface area (TPSA) is 74.2 Å². The number of amidine groups is 1. The normalized spacial score (nSPS) is 16.4. The number of aliphatic imine (C=N–C) groups is 1. The lowest BCUT2D eigenvalue weighted by atomic mass is 10.2. The number of amides is 2. The lowest BCUT2D eigenvalue weighted by Crippen LogP contribution is -2.52. The van der Waals surface area contributed by atoms with E-state index in [1.54, 1.807) is 9.80 Å². The average molecular weight is 326 g/mol. The predicted molar refractivity (Wildman–Crippen MR) is 90.6 cm³/mol. The molecule has 0 fully saturated rings. The Bertz CT molecular complexity index is 453. The Morgan fingerprint density at radius 2 is 1.96 bits per heavy atom. The molecule has 0 saturated heterocycles. The Kier molecular flexibility index (Phi) is 6.84. The van der Waals surface area contributed by atoms with Gasteiger partial charge in [-0.1, -0.05) is 0 Å². The lowest BCUT2D eigenvalue weighted by molar-refractivity contribution is -0.132. The molecular formula is C16H30N4O3. The van der Waals surface area contributed by atoms with E-state index in [9.17, 15) is 9.59 Å². The maximum atomic E-state index is 12.3. The van der Waals surface area contributed by atoms with E-state index in [4.69, 9.17) is 4.74 Å². The highest BCUT2D eigenvalue weighted by Crippen LogP contribution is 2.11. The minimum Gasteiger partial charge on any atom is -0.444 e. The van der Waals surface area contributed by atoms with E-state index < -0.39 is 5.60 Å².